The maximum atomic E-state index is 13.6. The fourth-order valence-corrected chi connectivity index (χ4v) is 3.10. The number of benzene rings is 2. The van der Waals surface area contributed by atoms with Gasteiger partial charge in [-0.1, -0.05) is 19.4 Å². The van der Waals surface area contributed by atoms with Gasteiger partial charge >= 0.3 is 12.4 Å². The smallest absolute Gasteiger partial charge is 0.419 e. The first-order chi connectivity index (χ1) is 14.4. The van der Waals surface area contributed by atoms with Crippen molar-refractivity contribution in [3.05, 3.63) is 65.2 Å². The molecule has 31 heavy (non-hydrogen) atoms. The Balaban J connectivity index is 2.04. The van der Waals surface area contributed by atoms with Crippen molar-refractivity contribution in [1.82, 2.24) is 0 Å². The first-order valence-electron chi connectivity index (χ1n) is 9.07. The number of nitrogens with zero attached hydrogens (tertiary/aromatic N) is 1. The summed E-state index contributed by atoms with van der Waals surface area (Å²) in [6.45, 7) is 1.79. The van der Waals surface area contributed by atoms with E-state index in [1.165, 1.54) is 6.07 Å². The van der Waals surface area contributed by atoms with Crippen LogP contribution in [0.1, 0.15) is 30.0 Å². The molecule has 0 atom stereocenters. The minimum absolute atomic E-state index is 0.327. The lowest BCUT2D eigenvalue weighted by atomic mass is 10.1. The van der Waals surface area contributed by atoms with E-state index in [0.29, 0.717) is 29.4 Å². The molecule has 0 saturated heterocycles. The summed E-state index contributed by atoms with van der Waals surface area (Å²) in [7, 11) is 0. The van der Waals surface area contributed by atoms with Crippen molar-refractivity contribution >= 4 is 17.5 Å². The second-order valence-electron chi connectivity index (χ2n) is 6.70. The van der Waals surface area contributed by atoms with E-state index in [0.717, 1.165) is 36.4 Å². The highest BCUT2D eigenvalue weighted by atomic mass is 19.4. The summed E-state index contributed by atoms with van der Waals surface area (Å²) < 4.78 is 86.2. The molecule has 0 bridgehead atoms. The molecule has 0 saturated carbocycles. The van der Waals surface area contributed by atoms with Crippen molar-refractivity contribution in [2.45, 2.75) is 32.1 Å². The molecule has 4 nitrogen and oxygen atoms in total. The Kier molecular flexibility index (Phi) is 5.84. The lowest BCUT2D eigenvalue weighted by Crippen LogP contribution is -2.31. The summed E-state index contributed by atoms with van der Waals surface area (Å²) >= 11 is 0. The third-order valence-electron chi connectivity index (χ3n) is 4.44. The van der Waals surface area contributed by atoms with Crippen LogP contribution in [0.4, 0.5) is 32.0 Å². The molecule has 10 heteroatoms. The van der Waals surface area contributed by atoms with Crippen LogP contribution in [0, 0.1) is 0 Å². The van der Waals surface area contributed by atoms with E-state index in [1.54, 1.807) is 6.92 Å². The van der Waals surface area contributed by atoms with E-state index in [4.69, 9.17) is 4.74 Å². The summed E-state index contributed by atoms with van der Waals surface area (Å²) in [4.78, 5) is 23.9. The van der Waals surface area contributed by atoms with Crippen molar-refractivity contribution in [3.8, 4) is 11.5 Å². The number of rotatable bonds is 5. The molecule has 164 valence electrons. The highest BCUT2D eigenvalue weighted by molar-refractivity contribution is 6.28. The third kappa shape index (κ3) is 4.73. The minimum atomic E-state index is -5.00. The number of hydrogen-bond donors (Lipinski definition) is 0. The molecule has 0 radical (unpaired) electrons. The molecule has 1 aliphatic rings. The topological polar surface area (TPSA) is 46.6 Å². The standard InChI is InChI=1S/C21H15F6NO3/c1-2-3-12-4-7-17(15(10-12)21(25,26)27)31-13-5-6-16(14(11-13)20(22,23)24)28-18(29)8-9-19(28)30/h4-11H,2-3H2,1H3. The summed E-state index contributed by atoms with van der Waals surface area (Å²) in [6.07, 6.45) is -7.15. The molecule has 0 unspecified atom stereocenters. The molecular formula is C21H15F6NO3. The van der Waals surface area contributed by atoms with E-state index in [1.807, 2.05) is 0 Å². The Hall–Kier alpha value is -3.30. The molecule has 0 aromatic heterocycles. The van der Waals surface area contributed by atoms with E-state index >= 15 is 0 Å². The van der Waals surface area contributed by atoms with Crippen LogP contribution < -0.4 is 9.64 Å². The Morgan fingerprint density at radius 1 is 0.839 bits per heavy atom. The number of anilines is 1. The van der Waals surface area contributed by atoms with Crippen LogP contribution in [0.25, 0.3) is 0 Å². The molecule has 3 rings (SSSR count). The number of carbonyl (C=O) groups excluding carboxylic acids is 2. The van der Waals surface area contributed by atoms with Gasteiger partial charge in [0.15, 0.2) is 0 Å². The van der Waals surface area contributed by atoms with Crippen LogP contribution in [-0.4, -0.2) is 11.8 Å². The molecule has 2 aromatic rings. The fourth-order valence-electron chi connectivity index (χ4n) is 3.10. The van der Waals surface area contributed by atoms with E-state index in [2.05, 4.69) is 0 Å². The molecule has 2 aromatic carbocycles. The number of alkyl halides is 6. The van der Waals surface area contributed by atoms with Crippen molar-refractivity contribution < 1.29 is 40.7 Å². The van der Waals surface area contributed by atoms with Gasteiger partial charge in [0.1, 0.15) is 11.5 Å². The van der Waals surface area contributed by atoms with Crippen LogP contribution in [0.2, 0.25) is 0 Å². The first-order valence-corrected chi connectivity index (χ1v) is 9.07. The predicted octanol–water partition coefficient (Wildman–Crippen LogP) is 5.90. The molecule has 0 N–H and O–H groups in total. The Labute approximate surface area is 172 Å². The number of aryl methyl sites for hydroxylation is 1. The fraction of sp³-hybridized carbons (Fsp3) is 0.238. The Morgan fingerprint density at radius 3 is 2.00 bits per heavy atom. The Bertz CT molecular complexity index is 1040. The summed E-state index contributed by atoms with van der Waals surface area (Å²) in [5, 5.41) is 0. The first kappa shape index (κ1) is 22.4. The molecule has 1 aliphatic heterocycles. The molecule has 2 amide bonds. The van der Waals surface area contributed by atoms with E-state index < -0.39 is 52.5 Å². The molecule has 0 aliphatic carbocycles. The van der Waals surface area contributed by atoms with Gasteiger partial charge in [0.25, 0.3) is 11.8 Å². The average molecular weight is 443 g/mol. The van der Waals surface area contributed by atoms with Gasteiger partial charge in [0.05, 0.1) is 16.8 Å². The summed E-state index contributed by atoms with van der Waals surface area (Å²) in [5.41, 5.74) is -2.85. The van der Waals surface area contributed by atoms with Crippen LogP contribution in [0.15, 0.2) is 48.6 Å². The van der Waals surface area contributed by atoms with Gasteiger partial charge in [-0.15, -0.1) is 0 Å². The molecule has 1 heterocycles. The van der Waals surface area contributed by atoms with Crippen LogP contribution >= 0.6 is 0 Å². The zero-order valence-electron chi connectivity index (χ0n) is 16.0. The van der Waals surface area contributed by atoms with Gasteiger partial charge in [-0.2, -0.15) is 26.3 Å². The molecule has 0 fully saturated rings. The van der Waals surface area contributed by atoms with Gasteiger partial charge in [0.2, 0.25) is 0 Å². The normalized spacial score (nSPS) is 14.5. The van der Waals surface area contributed by atoms with E-state index in [9.17, 15) is 35.9 Å². The van der Waals surface area contributed by atoms with Gasteiger partial charge in [0, 0.05) is 12.2 Å². The van der Waals surface area contributed by atoms with Crippen LogP contribution in [0.3, 0.4) is 0 Å². The zero-order chi connectivity index (χ0) is 23.0. The maximum absolute atomic E-state index is 13.6. The second kappa shape index (κ2) is 8.09. The SMILES string of the molecule is CCCc1ccc(Oc2ccc(N3C(=O)C=CC3=O)c(C(F)(F)F)c2)c(C(F)(F)F)c1. The van der Waals surface area contributed by atoms with Crippen molar-refractivity contribution in [3.63, 3.8) is 0 Å². The maximum Gasteiger partial charge on any atom is 0.419 e. The van der Waals surface area contributed by atoms with Gasteiger partial charge in [-0.3, -0.25) is 9.59 Å². The van der Waals surface area contributed by atoms with Crippen molar-refractivity contribution in [2.75, 3.05) is 4.90 Å². The van der Waals surface area contributed by atoms with Gasteiger partial charge in [-0.05, 0) is 42.3 Å². The van der Waals surface area contributed by atoms with Crippen molar-refractivity contribution in [1.29, 1.82) is 0 Å². The Morgan fingerprint density at radius 2 is 1.45 bits per heavy atom. The quantitative estimate of drug-likeness (QED) is 0.427. The van der Waals surface area contributed by atoms with Crippen LogP contribution in [0.5, 0.6) is 11.5 Å². The van der Waals surface area contributed by atoms with Crippen LogP contribution in [-0.2, 0) is 28.4 Å². The minimum Gasteiger partial charge on any atom is -0.457 e. The zero-order valence-corrected chi connectivity index (χ0v) is 16.0. The lowest BCUT2D eigenvalue weighted by Gasteiger charge is -2.21. The number of ether oxygens (including phenoxy) is 1. The largest absolute Gasteiger partial charge is 0.457 e. The van der Waals surface area contributed by atoms with Crippen molar-refractivity contribution in [2.24, 2.45) is 0 Å². The highest BCUT2D eigenvalue weighted by Crippen LogP contribution is 2.43. The average Bonchev–Trinajstić information content (AvgIpc) is 3.00. The molecular weight excluding hydrogens is 428 g/mol. The number of carbonyl (C=O) groups is 2. The number of halogens is 6. The number of imide groups is 1. The van der Waals surface area contributed by atoms with Gasteiger partial charge < -0.3 is 4.74 Å². The monoisotopic (exact) mass is 443 g/mol. The summed E-state index contributed by atoms with van der Waals surface area (Å²) in [5.74, 6) is -3.12. The molecule has 0 spiro atoms. The highest BCUT2D eigenvalue weighted by Gasteiger charge is 2.39. The number of amides is 2. The third-order valence-corrected chi connectivity index (χ3v) is 4.44. The van der Waals surface area contributed by atoms with Gasteiger partial charge in [-0.25, -0.2) is 4.90 Å². The summed E-state index contributed by atoms with van der Waals surface area (Å²) in [6, 6.07) is 5.56. The predicted molar refractivity (Wildman–Crippen MR) is 98.6 cm³/mol. The number of hydrogen-bond acceptors (Lipinski definition) is 3. The second-order valence-corrected chi connectivity index (χ2v) is 6.70. The van der Waals surface area contributed by atoms with E-state index in [-0.39, 0.29) is 0 Å². The lowest BCUT2D eigenvalue weighted by molar-refractivity contribution is -0.139.